The van der Waals surface area contributed by atoms with Gasteiger partial charge in [0.2, 0.25) is 5.91 Å². The van der Waals surface area contributed by atoms with Crippen LogP contribution in [0.25, 0.3) is 11.0 Å². The minimum atomic E-state index is -0.110. The zero-order valence-corrected chi connectivity index (χ0v) is 17.3. The summed E-state index contributed by atoms with van der Waals surface area (Å²) in [4.78, 5) is 27.3. The summed E-state index contributed by atoms with van der Waals surface area (Å²) in [7, 11) is 0. The van der Waals surface area contributed by atoms with Gasteiger partial charge in [0.1, 0.15) is 5.58 Å². The van der Waals surface area contributed by atoms with Crippen molar-refractivity contribution < 1.29 is 14.0 Å². The third-order valence-electron chi connectivity index (χ3n) is 6.03. The molecule has 4 rings (SSSR count). The van der Waals surface area contributed by atoms with Gasteiger partial charge in [-0.3, -0.25) is 9.59 Å². The maximum absolute atomic E-state index is 12.8. The Morgan fingerprint density at radius 2 is 1.77 bits per heavy atom. The molecule has 1 aliphatic rings. The number of rotatable bonds is 6. The average Bonchev–Trinajstić information content (AvgIpc) is 3.23. The Morgan fingerprint density at radius 1 is 1.07 bits per heavy atom. The fourth-order valence-electron chi connectivity index (χ4n) is 4.21. The molecular weight excluding hydrogens is 376 g/mol. The van der Waals surface area contributed by atoms with Gasteiger partial charge in [-0.25, -0.2) is 0 Å². The Morgan fingerprint density at radius 3 is 2.47 bits per heavy atom. The lowest BCUT2D eigenvalue weighted by Crippen LogP contribution is -2.42. The highest BCUT2D eigenvalue weighted by Crippen LogP contribution is 2.24. The van der Waals surface area contributed by atoms with E-state index in [4.69, 9.17) is 4.42 Å². The van der Waals surface area contributed by atoms with Gasteiger partial charge in [0.15, 0.2) is 5.76 Å². The second kappa shape index (κ2) is 9.16. The van der Waals surface area contributed by atoms with Crippen molar-refractivity contribution in [2.45, 2.75) is 32.1 Å². The van der Waals surface area contributed by atoms with Crippen LogP contribution in [0.4, 0.5) is 0 Å². The number of nitrogens with one attached hydrogen (secondary N) is 1. The first-order chi connectivity index (χ1) is 14.7. The summed E-state index contributed by atoms with van der Waals surface area (Å²) in [6, 6.07) is 19.4. The van der Waals surface area contributed by atoms with Gasteiger partial charge in [-0.2, -0.15) is 0 Å². The van der Waals surface area contributed by atoms with Gasteiger partial charge in [0.25, 0.3) is 5.91 Å². The molecule has 1 fully saturated rings. The summed E-state index contributed by atoms with van der Waals surface area (Å²) in [5.41, 5.74) is 1.80. The van der Waals surface area contributed by atoms with E-state index < -0.39 is 0 Å². The molecule has 2 amide bonds. The molecule has 0 spiro atoms. The first-order valence-electron chi connectivity index (χ1n) is 10.8. The lowest BCUT2D eigenvalue weighted by molar-refractivity contribution is -0.122. The molecule has 30 heavy (non-hydrogen) atoms. The topological polar surface area (TPSA) is 62.6 Å². The van der Waals surface area contributed by atoms with Crippen molar-refractivity contribution in [3.8, 4) is 0 Å². The number of carbonyl (C=O) groups is 2. The molecule has 0 radical (unpaired) electrons. The molecule has 156 valence electrons. The largest absolute Gasteiger partial charge is 0.451 e. The van der Waals surface area contributed by atoms with Crippen molar-refractivity contribution in [2.75, 3.05) is 19.6 Å². The smallest absolute Gasteiger partial charge is 0.289 e. The number of para-hydroxylation sites is 1. The number of carbonyl (C=O) groups excluding carboxylic acids is 2. The highest BCUT2D eigenvalue weighted by Gasteiger charge is 2.26. The van der Waals surface area contributed by atoms with E-state index in [2.05, 4.69) is 5.32 Å². The zero-order valence-electron chi connectivity index (χ0n) is 17.3. The average molecular weight is 405 g/mol. The Kier molecular flexibility index (Phi) is 6.17. The van der Waals surface area contributed by atoms with Crippen molar-refractivity contribution in [3.05, 3.63) is 72.0 Å². The molecule has 1 aromatic heterocycles. The molecule has 0 aliphatic carbocycles. The summed E-state index contributed by atoms with van der Waals surface area (Å²) in [6.45, 7) is 4.08. The number of benzene rings is 2. The maximum atomic E-state index is 12.8. The van der Waals surface area contributed by atoms with E-state index in [1.54, 1.807) is 0 Å². The molecule has 0 bridgehead atoms. The quantitative estimate of drug-likeness (QED) is 0.653. The number of nitrogens with zero attached hydrogens (tertiary/aromatic N) is 1. The molecule has 1 unspecified atom stereocenters. The zero-order chi connectivity index (χ0) is 20.9. The van der Waals surface area contributed by atoms with Gasteiger partial charge in [0.05, 0.1) is 5.92 Å². The Balaban J connectivity index is 1.28. The predicted molar refractivity (Wildman–Crippen MR) is 117 cm³/mol. The van der Waals surface area contributed by atoms with Gasteiger partial charge in [-0.15, -0.1) is 0 Å². The molecule has 5 nitrogen and oxygen atoms in total. The van der Waals surface area contributed by atoms with E-state index in [1.807, 2.05) is 72.5 Å². The van der Waals surface area contributed by atoms with E-state index in [1.165, 1.54) is 0 Å². The Labute approximate surface area is 177 Å². The number of furan rings is 1. The third kappa shape index (κ3) is 4.40. The summed E-state index contributed by atoms with van der Waals surface area (Å²) in [5, 5.41) is 4.08. The lowest BCUT2D eigenvalue weighted by atomic mass is 9.94. The first kappa shape index (κ1) is 20.2. The molecule has 2 heterocycles. The molecule has 5 heteroatoms. The van der Waals surface area contributed by atoms with Crippen LogP contribution in [0, 0.1) is 5.92 Å². The summed E-state index contributed by atoms with van der Waals surface area (Å²) < 4.78 is 5.72. The van der Waals surface area contributed by atoms with Gasteiger partial charge >= 0.3 is 0 Å². The van der Waals surface area contributed by atoms with Crippen LogP contribution >= 0.6 is 0 Å². The fraction of sp³-hybridized carbons (Fsp3) is 0.360. The van der Waals surface area contributed by atoms with Crippen molar-refractivity contribution in [2.24, 2.45) is 5.92 Å². The number of hydrogen-bond acceptors (Lipinski definition) is 3. The molecule has 0 saturated carbocycles. The summed E-state index contributed by atoms with van der Waals surface area (Å²) in [5.74, 6) is 0.716. The summed E-state index contributed by atoms with van der Waals surface area (Å²) >= 11 is 0. The molecule has 1 saturated heterocycles. The van der Waals surface area contributed by atoms with Crippen LogP contribution in [0.2, 0.25) is 0 Å². The molecule has 1 N–H and O–H groups in total. The second-order valence-corrected chi connectivity index (χ2v) is 8.00. The molecule has 1 atom stereocenters. The lowest BCUT2D eigenvalue weighted by Gasteiger charge is -2.31. The molecule has 1 aliphatic heterocycles. The van der Waals surface area contributed by atoms with Crippen molar-refractivity contribution >= 4 is 22.8 Å². The van der Waals surface area contributed by atoms with Crippen molar-refractivity contribution in [1.29, 1.82) is 0 Å². The van der Waals surface area contributed by atoms with Crippen LogP contribution in [0.15, 0.2) is 65.1 Å². The van der Waals surface area contributed by atoms with Crippen LogP contribution in [0.5, 0.6) is 0 Å². The van der Waals surface area contributed by atoms with Gasteiger partial charge in [-0.05, 0) is 42.9 Å². The van der Waals surface area contributed by atoms with Gasteiger partial charge in [0, 0.05) is 25.0 Å². The second-order valence-electron chi connectivity index (χ2n) is 8.00. The maximum Gasteiger partial charge on any atom is 0.289 e. The Bertz CT molecular complexity index is 970. The minimum Gasteiger partial charge on any atom is -0.451 e. The van der Waals surface area contributed by atoms with Crippen molar-refractivity contribution in [3.63, 3.8) is 0 Å². The van der Waals surface area contributed by atoms with Crippen molar-refractivity contribution in [1.82, 2.24) is 10.2 Å². The van der Waals surface area contributed by atoms with Crippen LogP contribution in [-0.4, -0.2) is 36.3 Å². The third-order valence-corrected chi connectivity index (χ3v) is 6.03. The normalized spacial score (nSPS) is 15.8. The highest BCUT2D eigenvalue weighted by molar-refractivity contribution is 5.96. The Hall–Kier alpha value is -3.08. The van der Waals surface area contributed by atoms with Crippen LogP contribution in [0.3, 0.4) is 0 Å². The number of hydrogen-bond donors (Lipinski definition) is 1. The van der Waals surface area contributed by atoms with E-state index in [-0.39, 0.29) is 17.7 Å². The highest BCUT2D eigenvalue weighted by atomic mass is 16.3. The molecular formula is C25H28N2O3. The van der Waals surface area contributed by atoms with E-state index in [0.29, 0.717) is 31.3 Å². The standard InChI is InChI=1S/C25H28N2O3/c1-2-21(19-8-4-3-5-9-19)24(28)26-17-18-12-14-27(15-13-18)25(29)23-16-20-10-6-7-11-22(20)30-23/h3-11,16,18,21H,2,12-15,17H2,1H3,(H,26,28). The van der Waals surface area contributed by atoms with E-state index in [0.717, 1.165) is 35.8 Å². The fourth-order valence-corrected chi connectivity index (χ4v) is 4.21. The molecule has 2 aromatic carbocycles. The van der Waals surface area contributed by atoms with Gasteiger partial charge < -0.3 is 14.6 Å². The van der Waals surface area contributed by atoms with E-state index >= 15 is 0 Å². The predicted octanol–water partition coefficient (Wildman–Crippen LogP) is 4.60. The number of amides is 2. The van der Waals surface area contributed by atoms with E-state index in [9.17, 15) is 9.59 Å². The number of piperidine rings is 1. The SMILES string of the molecule is CCC(C(=O)NCC1CCN(C(=O)c2cc3ccccc3o2)CC1)c1ccccc1. The van der Waals surface area contributed by atoms with Crippen LogP contribution < -0.4 is 5.32 Å². The first-order valence-corrected chi connectivity index (χ1v) is 10.8. The van der Waals surface area contributed by atoms with Crippen LogP contribution in [-0.2, 0) is 4.79 Å². The van der Waals surface area contributed by atoms with Crippen LogP contribution in [0.1, 0.15) is 48.2 Å². The van der Waals surface area contributed by atoms with Gasteiger partial charge in [-0.1, -0.05) is 55.5 Å². The number of likely N-dealkylation sites (tertiary alicyclic amines) is 1. The monoisotopic (exact) mass is 404 g/mol. The molecule has 3 aromatic rings. The summed E-state index contributed by atoms with van der Waals surface area (Å²) in [6.07, 6.45) is 2.54. The number of fused-ring (bicyclic) bond motifs is 1. The minimum absolute atomic E-state index is 0.0520.